The average molecular weight is 300 g/mol. The van der Waals surface area contributed by atoms with Gasteiger partial charge in [0.15, 0.2) is 5.82 Å². The predicted octanol–water partition coefficient (Wildman–Crippen LogP) is 0.891. The Hall–Kier alpha value is -2.44. The molecular weight excluding hydrogens is 280 g/mol. The number of piperazine rings is 1. The number of rotatable bonds is 3. The van der Waals surface area contributed by atoms with Gasteiger partial charge in [-0.1, -0.05) is 0 Å². The predicted molar refractivity (Wildman–Crippen MR) is 82.5 cm³/mol. The first kappa shape index (κ1) is 14.5. The molecule has 0 saturated carbocycles. The second-order valence-corrected chi connectivity index (χ2v) is 5.51. The number of anilines is 1. The molecule has 22 heavy (non-hydrogen) atoms. The number of hydrogen-bond donors (Lipinski definition) is 0. The highest BCUT2D eigenvalue weighted by molar-refractivity contribution is 5.80. The molecule has 2 aromatic heterocycles. The van der Waals surface area contributed by atoms with Gasteiger partial charge < -0.3 is 9.80 Å². The van der Waals surface area contributed by atoms with Gasteiger partial charge in [0.2, 0.25) is 5.91 Å². The largest absolute Gasteiger partial charge is 0.352 e. The summed E-state index contributed by atoms with van der Waals surface area (Å²) in [5.41, 5.74) is 0.908. The Bertz CT molecular complexity index is 616. The fourth-order valence-corrected chi connectivity index (χ4v) is 2.60. The van der Waals surface area contributed by atoms with Crippen LogP contribution < -0.4 is 4.90 Å². The molecule has 0 aromatic carbocycles. The van der Waals surface area contributed by atoms with Crippen LogP contribution in [0.1, 0.15) is 18.7 Å². The summed E-state index contributed by atoms with van der Waals surface area (Å²) in [5.74, 6) is 0.983. The fourth-order valence-electron chi connectivity index (χ4n) is 2.60. The molecule has 0 spiro atoms. The Morgan fingerprint density at radius 3 is 2.55 bits per heavy atom. The van der Waals surface area contributed by atoms with Crippen molar-refractivity contribution in [1.82, 2.24) is 24.9 Å². The third kappa shape index (κ3) is 2.93. The third-order valence-corrected chi connectivity index (χ3v) is 3.98. The van der Waals surface area contributed by atoms with E-state index in [9.17, 15) is 4.79 Å². The molecule has 0 aliphatic carbocycles. The zero-order valence-electron chi connectivity index (χ0n) is 12.9. The fraction of sp³-hybridized carbons (Fsp3) is 0.467. The molecule has 1 amide bonds. The Morgan fingerprint density at radius 1 is 1.18 bits per heavy atom. The van der Waals surface area contributed by atoms with Crippen molar-refractivity contribution in [2.75, 3.05) is 31.1 Å². The van der Waals surface area contributed by atoms with E-state index in [1.54, 1.807) is 10.9 Å². The van der Waals surface area contributed by atoms with Crippen molar-refractivity contribution < 1.29 is 4.79 Å². The molecule has 3 heterocycles. The van der Waals surface area contributed by atoms with Crippen LogP contribution in [0.25, 0.3) is 0 Å². The van der Waals surface area contributed by atoms with Gasteiger partial charge in [0, 0.05) is 38.6 Å². The molecule has 7 nitrogen and oxygen atoms in total. The maximum absolute atomic E-state index is 12.5. The molecule has 1 aliphatic heterocycles. The van der Waals surface area contributed by atoms with Crippen LogP contribution in [0.4, 0.5) is 5.82 Å². The normalized spacial score (nSPS) is 16.6. The number of hydrogen-bond acceptors (Lipinski definition) is 5. The Labute approximate surface area is 129 Å². The molecule has 1 aliphatic rings. The van der Waals surface area contributed by atoms with Crippen molar-refractivity contribution in [1.29, 1.82) is 0 Å². The SMILES string of the molecule is Cc1ccc(N2CCN(C(=O)C(C)n3cccn3)CC2)nn1. The summed E-state index contributed by atoms with van der Waals surface area (Å²) in [6.07, 6.45) is 3.51. The summed E-state index contributed by atoms with van der Waals surface area (Å²) >= 11 is 0. The Balaban J connectivity index is 1.59. The van der Waals surface area contributed by atoms with Crippen molar-refractivity contribution in [3.05, 3.63) is 36.3 Å². The van der Waals surface area contributed by atoms with Crippen molar-refractivity contribution in [3.8, 4) is 0 Å². The second kappa shape index (κ2) is 6.13. The molecule has 1 saturated heterocycles. The Kier molecular flexibility index (Phi) is 4.04. The number of amides is 1. The summed E-state index contributed by atoms with van der Waals surface area (Å²) < 4.78 is 1.69. The van der Waals surface area contributed by atoms with Crippen LogP contribution in [-0.4, -0.2) is 57.0 Å². The number of nitrogens with zero attached hydrogens (tertiary/aromatic N) is 6. The first-order valence-corrected chi connectivity index (χ1v) is 7.48. The lowest BCUT2D eigenvalue weighted by Gasteiger charge is -2.36. The van der Waals surface area contributed by atoms with Crippen LogP contribution in [0.2, 0.25) is 0 Å². The standard InChI is InChI=1S/C15H20N6O/c1-12-4-5-14(18-17-12)19-8-10-20(11-9-19)15(22)13(2)21-7-3-6-16-21/h3-7,13H,8-11H2,1-2H3. The molecule has 3 rings (SSSR count). The minimum Gasteiger partial charge on any atom is -0.352 e. The van der Waals surface area contributed by atoms with E-state index in [4.69, 9.17) is 0 Å². The number of aromatic nitrogens is 4. The summed E-state index contributed by atoms with van der Waals surface area (Å²) in [5, 5.41) is 12.4. The van der Waals surface area contributed by atoms with Crippen molar-refractivity contribution in [3.63, 3.8) is 0 Å². The highest BCUT2D eigenvalue weighted by atomic mass is 16.2. The minimum atomic E-state index is -0.263. The Morgan fingerprint density at radius 2 is 1.95 bits per heavy atom. The lowest BCUT2D eigenvalue weighted by Crippen LogP contribution is -2.50. The number of carbonyl (C=O) groups is 1. The van der Waals surface area contributed by atoms with Gasteiger partial charge in [0.05, 0.1) is 5.69 Å². The van der Waals surface area contributed by atoms with E-state index in [0.717, 1.165) is 24.6 Å². The third-order valence-electron chi connectivity index (χ3n) is 3.98. The van der Waals surface area contributed by atoms with Crippen molar-refractivity contribution in [2.24, 2.45) is 0 Å². The first-order chi connectivity index (χ1) is 10.6. The quantitative estimate of drug-likeness (QED) is 0.842. The van der Waals surface area contributed by atoms with E-state index in [0.29, 0.717) is 13.1 Å². The van der Waals surface area contributed by atoms with Crippen molar-refractivity contribution in [2.45, 2.75) is 19.9 Å². The zero-order chi connectivity index (χ0) is 15.5. The molecule has 0 radical (unpaired) electrons. The average Bonchev–Trinajstić information content (AvgIpc) is 3.09. The molecule has 7 heteroatoms. The summed E-state index contributed by atoms with van der Waals surface area (Å²) in [7, 11) is 0. The van der Waals surface area contributed by atoms with E-state index in [1.807, 2.05) is 43.1 Å². The summed E-state index contributed by atoms with van der Waals surface area (Å²) in [6.45, 7) is 6.74. The maximum atomic E-state index is 12.5. The van der Waals surface area contributed by atoms with E-state index in [1.165, 1.54) is 0 Å². The molecule has 0 bridgehead atoms. The van der Waals surface area contributed by atoms with Gasteiger partial charge in [-0.25, -0.2) is 0 Å². The van der Waals surface area contributed by atoms with Gasteiger partial charge in [0.25, 0.3) is 0 Å². The molecule has 1 atom stereocenters. The van der Waals surface area contributed by atoms with E-state index in [2.05, 4.69) is 20.2 Å². The monoisotopic (exact) mass is 300 g/mol. The lowest BCUT2D eigenvalue weighted by molar-refractivity contribution is -0.134. The zero-order valence-corrected chi connectivity index (χ0v) is 12.9. The maximum Gasteiger partial charge on any atom is 0.247 e. The molecule has 1 fully saturated rings. The van der Waals surface area contributed by atoms with Crippen LogP contribution in [0, 0.1) is 6.92 Å². The van der Waals surface area contributed by atoms with Crippen LogP contribution in [-0.2, 0) is 4.79 Å². The van der Waals surface area contributed by atoms with Crippen LogP contribution >= 0.6 is 0 Å². The summed E-state index contributed by atoms with van der Waals surface area (Å²) in [6, 6.07) is 5.50. The molecule has 0 N–H and O–H groups in total. The van der Waals surface area contributed by atoms with Gasteiger partial charge in [-0.3, -0.25) is 9.48 Å². The van der Waals surface area contributed by atoms with Crippen LogP contribution in [0.5, 0.6) is 0 Å². The van der Waals surface area contributed by atoms with E-state index in [-0.39, 0.29) is 11.9 Å². The molecule has 116 valence electrons. The van der Waals surface area contributed by atoms with Gasteiger partial charge >= 0.3 is 0 Å². The van der Waals surface area contributed by atoms with Gasteiger partial charge in [0.1, 0.15) is 6.04 Å². The minimum absolute atomic E-state index is 0.110. The number of carbonyl (C=O) groups excluding carboxylic acids is 1. The van der Waals surface area contributed by atoms with Crippen LogP contribution in [0.3, 0.4) is 0 Å². The van der Waals surface area contributed by atoms with Crippen molar-refractivity contribution >= 4 is 11.7 Å². The second-order valence-electron chi connectivity index (χ2n) is 5.51. The molecular formula is C15H20N6O. The van der Waals surface area contributed by atoms with Crippen LogP contribution in [0.15, 0.2) is 30.6 Å². The molecule has 2 aromatic rings. The topological polar surface area (TPSA) is 67.2 Å². The first-order valence-electron chi connectivity index (χ1n) is 7.48. The highest BCUT2D eigenvalue weighted by Gasteiger charge is 2.26. The highest BCUT2D eigenvalue weighted by Crippen LogP contribution is 2.15. The van der Waals surface area contributed by atoms with E-state index >= 15 is 0 Å². The lowest BCUT2D eigenvalue weighted by atomic mass is 10.2. The van der Waals surface area contributed by atoms with E-state index < -0.39 is 0 Å². The van der Waals surface area contributed by atoms with Gasteiger partial charge in [-0.2, -0.15) is 10.2 Å². The smallest absolute Gasteiger partial charge is 0.247 e. The van der Waals surface area contributed by atoms with Gasteiger partial charge in [-0.05, 0) is 32.0 Å². The number of aryl methyl sites for hydroxylation is 1. The molecule has 1 unspecified atom stereocenters. The summed E-state index contributed by atoms with van der Waals surface area (Å²) in [4.78, 5) is 16.6. The van der Waals surface area contributed by atoms with Gasteiger partial charge in [-0.15, -0.1) is 5.10 Å².